The van der Waals surface area contributed by atoms with Gasteiger partial charge in [-0.15, -0.1) is 0 Å². The molecule has 0 heterocycles. The van der Waals surface area contributed by atoms with Gasteiger partial charge in [0.2, 0.25) is 5.78 Å². The number of Topliss-reactive ketones (excluding diaryl/α,β-unsaturated/α-hetero) is 2. The van der Waals surface area contributed by atoms with E-state index in [1.807, 2.05) is 6.92 Å². The number of hydrogen-bond acceptors (Lipinski definition) is 2. The first kappa shape index (κ1) is 10.5. The van der Waals surface area contributed by atoms with Crippen LogP contribution in [0.25, 0.3) is 0 Å². The number of unbranched alkanes of at least 4 members (excludes halogenated alkanes) is 1. The fraction of sp³-hybridized carbons (Fsp3) is 0.400. The summed E-state index contributed by atoms with van der Waals surface area (Å²) >= 11 is 0. The summed E-state index contributed by atoms with van der Waals surface area (Å²) in [4.78, 5) is 20.9. The van der Waals surface area contributed by atoms with Gasteiger partial charge in [0.05, 0.1) is 0 Å². The summed E-state index contributed by atoms with van der Waals surface area (Å²) < 4.78 is 0. The molecule has 0 aromatic heterocycles. The molecule has 0 amide bonds. The average molecular weight is 162 g/mol. The highest BCUT2D eigenvalue weighted by atomic mass is 16.2. The Kier molecular flexibility index (Phi) is 5.39. The Balaban J connectivity index is 3.99. The van der Waals surface area contributed by atoms with E-state index >= 15 is 0 Å². The summed E-state index contributed by atoms with van der Waals surface area (Å²) in [7, 11) is 0. The number of rotatable bonds is 2. The number of carbonyl (C=O) groups is 2. The molecule has 12 heavy (non-hydrogen) atoms. The number of ketones is 2. The fourth-order valence-corrected chi connectivity index (χ4v) is 0.408. The van der Waals surface area contributed by atoms with Crippen LogP contribution in [-0.2, 0) is 9.59 Å². The number of hydrogen-bond donors (Lipinski definition) is 0. The predicted molar refractivity (Wildman–Crippen MR) is 46.1 cm³/mol. The van der Waals surface area contributed by atoms with Gasteiger partial charge in [-0.3, -0.25) is 9.59 Å². The third-order valence-corrected chi connectivity index (χ3v) is 1.02. The lowest BCUT2D eigenvalue weighted by molar-refractivity contribution is -0.132. The molecule has 0 fully saturated rings. The molecule has 62 valence electrons. The molecule has 0 spiro atoms. The zero-order valence-electron chi connectivity index (χ0n) is 7.23. The first-order valence-electron chi connectivity index (χ1n) is 3.72. The van der Waals surface area contributed by atoms with Gasteiger partial charge in [0.15, 0.2) is 0 Å². The summed E-state index contributed by atoms with van der Waals surface area (Å²) in [6.07, 6.45) is 1.73. The zero-order valence-corrected chi connectivity index (χ0v) is 7.23. The Morgan fingerprint density at radius 2 is 1.92 bits per heavy atom. The van der Waals surface area contributed by atoms with E-state index in [9.17, 15) is 9.59 Å². The highest BCUT2D eigenvalue weighted by molar-refractivity contribution is 6.43. The Morgan fingerprint density at radius 1 is 1.25 bits per heavy atom. The summed E-state index contributed by atoms with van der Waals surface area (Å²) in [5.74, 6) is 8.46. The van der Waals surface area contributed by atoms with Crippen molar-refractivity contribution in [3.05, 3.63) is 0 Å². The predicted octanol–water partition coefficient (Wildman–Crippen LogP) is 0.951. The Morgan fingerprint density at radius 3 is 2.42 bits per heavy atom. The van der Waals surface area contributed by atoms with Crippen molar-refractivity contribution in [2.45, 2.75) is 26.7 Å². The van der Waals surface area contributed by atoms with E-state index in [-0.39, 0.29) is 0 Å². The minimum Gasteiger partial charge on any atom is -0.290 e. The van der Waals surface area contributed by atoms with Crippen molar-refractivity contribution in [3.63, 3.8) is 0 Å². The molecule has 0 aliphatic carbocycles. The first-order chi connectivity index (χ1) is 5.68. The van der Waals surface area contributed by atoms with E-state index in [0.717, 1.165) is 12.8 Å². The second-order valence-electron chi connectivity index (χ2n) is 2.19. The molecule has 2 heteroatoms. The molecule has 0 N–H and O–H groups in total. The molecule has 0 aliphatic rings. The zero-order chi connectivity index (χ0) is 9.40. The summed E-state index contributed by atoms with van der Waals surface area (Å²) in [6, 6.07) is 0. The third kappa shape index (κ3) is 5.26. The first-order valence-corrected chi connectivity index (χ1v) is 3.72. The molecular formula is C10H10O2. The van der Waals surface area contributed by atoms with Crippen molar-refractivity contribution in [1.29, 1.82) is 0 Å². The van der Waals surface area contributed by atoms with Crippen LogP contribution in [0.4, 0.5) is 0 Å². The lowest BCUT2D eigenvalue weighted by Crippen LogP contribution is -2.04. The molecule has 0 saturated carbocycles. The quantitative estimate of drug-likeness (QED) is 0.344. The van der Waals surface area contributed by atoms with Crippen LogP contribution in [0.3, 0.4) is 0 Å². The normalized spacial score (nSPS) is 7.17. The molecule has 0 aliphatic heterocycles. The molecule has 0 atom stereocenters. The molecule has 0 bridgehead atoms. The summed E-state index contributed by atoms with van der Waals surface area (Å²) in [5, 5.41) is 0. The van der Waals surface area contributed by atoms with Gasteiger partial charge in [0, 0.05) is 13.3 Å². The van der Waals surface area contributed by atoms with Gasteiger partial charge >= 0.3 is 0 Å². The molecule has 0 saturated heterocycles. The van der Waals surface area contributed by atoms with E-state index in [1.165, 1.54) is 6.92 Å². The van der Waals surface area contributed by atoms with Crippen LogP contribution in [-0.4, -0.2) is 11.6 Å². The van der Waals surface area contributed by atoms with E-state index in [0.29, 0.717) is 0 Å². The van der Waals surface area contributed by atoms with Crippen molar-refractivity contribution in [2.24, 2.45) is 0 Å². The molecule has 0 aromatic carbocycles. The third-order valence-electron chi connectivity index (χ3n) is 1.02. The second kappa shape index (κ2) is 6.19. The van der Waals surface area contributed by atoms with Gasteiger partial charge in [0.25, 0.3) is 5.78 Å². The lowest BCUT2D eigenvalue weighted by atomic mass is 10.3. The molecule has 0 radical (unpaired) electrons. The van der Waals surface area contributed by atoms with E-state index in [4.69, 9.17) is 0 Å². The molecule has 0 unspecified atom stereocenters. The molecular weight excluding hydrogens is 152 g/mol. The van der Waals surface area contributed by atoms with E-state index in [1.54, 1.807) is 0 Å². The molecule has 0 rings (SSSR count). The highest BCUT2D eigenvalue weighted by Gasteiger charge is 2.00. The fourth-order valence-electron chi connectivity index (χ4n) is 0.408. The van der Waals surface area contributed by atoms with Crippen LogP contribution in [0.2, 0.25) is 0 Å². The lowest BCUT2D eigenvalue weighted by Gasteiger charge is -1.75. The van der Waals surface area contributed by atoms with E-state index < -0.39 is 11.6 Å². The van der Waals surface area contributed by atoms with Gasteiger partial charge < -0.3 is 0 Å². The van der Waals surface area contributed by atoms with E-state index in [2.05, 4.69) is 23.7 Å². The largest absolute Gasteiger partial charge is 0.290 e. The van der Waals surface area contributed by atoms with Crippen molar-refractivity contribution < 1.29 is 9.59 Å². The van der Waals surface area contributed by atoms with Crippen molar-refractivity contribution in [1.82, 2.24) is 0 Å². The van der Waals surface area contributed by atoms with Crippen LogP contribution in [0, 0.1) is 23.7 Å². The molecule has 0 aromatic rings. The SMILES string of the molecule is CCCC#CC#CC(=O)C(C)=O. The van der Waals surface area contributed by atoms with Gasteiger partial charge in [-0.1, -0.05) is 12.8 Å². The average Bonchev–Trinajstić information content (AvgIpc) is 2.03. The standard InChI is InChI=1S/C10H10O2/c1-3-4-5-6-7-8-10(12)9(2)11/h3-4H2,1-2H3. The topological polar surface area (TPSA) is 34.1 Å². The number of carbonyl (C=O) groups excluding carboxylic acids is 2. The minimum atomic E-state index is -0.680. The van der Waals surface area contributed by atoms with Crippen LogP contribution < -0.4 is 0 Å². The van der Waals surface area contributed by atoms with Crippen LogP contribution in [0.15, 0.2) is 0 Å². The highest BCUT2D eigenvalue weighted by Crippen LogP contribution is 1.79. The van der Waals surface area contributed by atoms with Crippen molar-refractivity contribution in [2.75, 3.05) is 0 Å². The Hall–Kier alpha value is -1.54. The second-order valence-corrected chi connectivity index (χ2v) is 2.19. The summed E-state index contributed by atoms with van der Waals surface area (Å²) in [6.45, 7) is 3.19. The smallest absolute Gasteiger partial charge is 0.272 e. The van der Waals surface area contributed by atoms with Gasteiger partial charge in [-0.25, -0.2) is 0 Å². The minimum absolute atomic E-state index is 0.542. The maximum Gasteiger partial charge on any atom is 0.272 e. The van der Waals surface area contributed by atoms with Gasteiger partial charge in [-0.2, -0.15) is 0 Å². The van der Waals surface area contributed by atoms with Gasteiger partial charge in [-0.05, 0) is 24.2 Å². The van der Waals surface area contributed by atoms with Crippen LogP contribution >= 0.6 is 0 Å². The van der Waals surface area contributed by atoms with Gasteiger partial charge in [0.1, 0.15) is 0 Å². The monoisotopic (exact) mass is 162 g/mol. The maximum atomic E-state index is 10.6. The van der Waals surface area contributed by atoms with Crippen molar-refractivity contribution >= 4 is 11.6 Å². The van der Waals surface area contributed by atoms with Crippen molar-refractivity contribution in [3.8, 4) is 23.7 Å². The van der Waals surface area contributed by atoms with Crippen LogP contribution in [0.5, 0.6) is 0 Å². The Labute approximate surface area is 72.3 Å². The Bertz CT molecular complexity index is 291. The molecule has 2 nitrogen and oxygen atoms in total. The van der Waals surface area contributed by atoms with Crippen LogP contribution in [0.1, 0.15) is 26.7 Å². The maximum absolute atomic E-state index is 10.6. The summed E-state index contributed by atoms with van der Waals surface area (Å²) in [5.41, 5.74) is 0.